The van der Waals surface area contributed by atoms with Gasteiger partial charge in [0.15, 0.2) is 10.9 Å². The van der Waals surface area contributed by atoms with Gasteiger partial charge >= 0.3 is 0 Å². The van der Waals surface area contributed by atoms with Gasteiger partial charge in [0.2, 0.25) is 0 Å². The number of unbranched alkanes of at least 4 members (excludes halogenated alkanes) is 1. The summed E-state index contributed by atoms with van der Waals surface area (Å²) in [6, 6.07) is 7.05. The van der Waals surface area contributed by atoms with E-state index in [0.717, 1.165) is 18.7 Å². The van der Waals surface area contributed by atoms with E-state index in [1.807, 2.05) is 4.57 Å². The third-order valence-corrected chi connectivity index (χ3v) is 3.19. The lowest BCUT2D eigenvalue weighted by Gasteiger charge is -1.98. The Labute approximate surface area is 130 Å². The summed E-state index contributed by atoms with van der Waals surface area (Å²) in [6.45, 7) is 4.67. The number of aryl methyl sites for hydroxylation is 1. The molecule has 1 aromatic heterocycles. The van der Waals surface area contributed by atoms with Crippen LogP contribution in [0.2, 0.25) is 0 Å². The number of aromatic nitrogens is 3. The molecule has 2 aromatic rings. The summed E-state index contributed by atoms with van der Waals surface area (Å²) in [5, 5.41) is 8.16. The summed E-state index contributed by atoms with van der Waals surface area (Å²) < 4.78 is 6.87. The number of nitrogens with zero attached hydrogens (tertiary/aromatic N) is 3. The molecule has 114 valence electrons. The van der Waals surface area contributed by atoms with Gasteiger partial charge in [0.05, 0.1) is 7.11 Å². The molecule has 0 aliphatic rings. The first-order valence-electron chi connectivity index (χ1n) is 6.80. The van der Waals surface area contributed by atoms with Crippen molar-refractivity contribution in [3.8, 4) is 5.75 Å². The summed E-state index contributed by atoms with van der Waals surface area (Å²) in [7, 11) is 1.60. The smallest absolute Gasteiger partial charge is 0.187 e. The molecule has 1 aromatic carbocycles. The SMILES string of the molecule is CCCCn1cnnc1S.COc1ccc(C(C)=O)cc1. The number of carbonyl (C=O) groups is 1. The number of ketones is 1. The zero-order chi connectivity index (χ0) is 15.7. The molecule has 0 aliphatic carbocycles. The molecule has 0 aliphatic heterocycles. The third kappa shape index (κ3) is 5.99. The molecule has 0 unspecified atom stereocenters. The zero-order valence-corrected chi connectivity index (χ0v) is 13.5. The first-order valence-corrected chi connectivity index (χ1v) is 7.25. The molecule has 0 saturated carbocycles. The van der Waals surface area contributed by atoms with Gasteiger partial charge in [-0.2, -0.15) is 0 Å². The van der Waals surface area contributed by atoms with Crippen molar-refractivity contribution in [1.82, 2.24) is 14.8 Å². The van der Waals surface area contributed by atoms with Crippen LogP contribution in [0.1, 0.15) is 37.0 Å². The predicted molar refractivity (Wildman–Crippen MR) is 85.2 cm³/mol. The van der Waals surface area contributed by atoms with E-state index in [-0.39, 0.29) is 5.78 Å². The fraction of sp³-hybridized carbons (Fsp3) is 0.400. The maximum atomic E-state index is 10.8. The molecule has 0 atom stereocenters. The summed E-state index contributed by atoms with van der Waals surface area (Å²) in [4.78, 5) is 10.8. The Balaban J connectivity index is 0.000000211. The number of benzene rings is 1. The molecule has 5 nitrogen and oxygen atoms in total. The van der Waals surface area contributed by atoms with Gasteiger partial charge in [0.25, 0.3) is 0 Å². The van der Waals surface area contributed by atoms with Gasteiger partial charge in [-0.15, -0.1) is 22.8 Å². The van der Waals surface area contributed by atoms with Crippen molar-refractivity contribution in [2.75, 3.05) is 7.11 Å². The Kier molecular flexibility index (Phi) is 7.53. The predicted octanol–water partition coefficient (Wildman–Crippen LogP) is 3.26. The quantitative estimate of drug-likeness (QED) is 0.680. The Morgan fingerprint density at radius 2 is 2.00 bits per heavy atom. The maximum Gasteiger partial charge on any atom is 0.187 e. The number of thiol groups is 1. The molecule has 0 fully saturated rings. The standard InChI is InChI=1S/C9H10O2.C6H11N3S/c1-7(10)8-3-5-9(11-2)6-4-8;1-2-3-4-9-5-7-8-6(9)10/h3-6H,1-2H3;5H,2-4H2,1H3,(H,8,10). The van der Waals surface area contributed by atoms with E-state index in [4.69, 9.17) is 4.74 Å². The second-order valence-corrected chi connectivity index (χ2v) is 4.86. The van der Waals surface area contributed by atoms with Crippen LogP contribution in [0.15, 0.2) is 35.7 Å². The molecule has 0 N–H and O–H groups in total. The van der Waals surface area contributed by atoms with Crippen molar-refractivity contribution in [3.63, 3.8) is 0 Å². The average molecular weight is 307 g/mol. The number of hydrogen-bond acceptors (Lipinski definition) is 5. The fourth-order valence-electron chi connectivity index (χ4n) is 1.56. The van der Waals surface area contributed by atoms with E-state index in [1.165, 1.54) is 6.42 Å². The number of hydrogen-bond donors (Lipinski definition) is 1. The zero-order valence-electron chi connectivity index (χ0n) is 12.6. The van der Waals surface area contributed by atoms with Crippen LogP contribution in [0, 0.1) is 0 Å². The normalized spacial score (nSPS) is 9.71. The number of Topliss-reactive ketones (excluding diaryl/α,β-unsaturated/α-hetero) is 1. The topological polar surface area (TPSA) is 57.0 Å². The number of ether oxygens (including phenoxy) is 1. The van der Waals surface area contributed by atoms with Crippen molar-refractivity contribution in [3.05, 3.63) is 36.2 Å². The lowest BCUT2D eigenvalue weighted by molar-refractivity contribution is 0.101. The third-order valence-electron chi connectivity index (χ3n) is 2.84. The highest BCUT2D eigenvalue weighted by Crippen LogP contribution is 2.11. The van der Waals surface area contributed by atoms with Gasteiger partial charge in [-0.1, -0.05) is 13.3 Å². The summed E-state index contributed by atoms with van der Waals surface area (Å²) in [6.07, 6.45) is 4.05. The fourth-order valence-corrected chi connectivity index (χ4v) is 1.76. The second kappa shape index (κ2) is 9.18. The second-order valence-electron chi connectivity index (χ2n) is 4.46. The first-order chi connectivity index (χ1) is 10.1. The maximum absolute atomic E-state index is 10.8. The first kappa shape index (κ1) is 17.2. The molecule has 0 radical (unpaired) electrons. The number of rotatable bonds is 5. The van der Waals surface area contributed by atoms with E-state index >= 15 is 0 Å². The van der Waals surface area contributed by atoms with Crippen molar-refractivity contribution < 1.29 is 9.53 Å². The van der Waals surface area contributed by atoms with Crippen LogP contribution in [-0.2, 0) is 6.54 Å². The lowest BCUT2D eigenvalue weighted by Crippen LogP contribution is -1.95. The molecule has 2 rings (SSSR count). The van der Waals surface area contributed by atoms with Crippen LogP contribution < -0.4 is 4.74 Å². The van der Waals surface area contributed by atoms with Crippen molar-refractivity contribution in [1.29, 1.82) is 0 Å². The highest BCUT2D eigenvalue weighted by atomic mass is 32.1. The van der Waals surface area contributed by atoms with E-state index < -0.39 is 0 Å². The van der Waals surface area contributed by atoms with Crippen LogP contribution in [0.5, 0.6) is 5.75 Å². The van der Waals surface area contributed by atoms with Crippen LogP contribution in [0.25, 0.3) is 0 Å². The van der Waals surface area contributed by atoms with Gasteiger partial charge in [0, 0.05) is 12.1 Å². The summed E-state index contributed by atoms with van der Waals surface area (Å²) in [5.41, 5.74) is 0.714. The molecular formula is C15H21N3O2S. The molecular weight excluding hydrogens is 286 g/mol. The Hall–Kier alpha value is -1.82. The van der Waals surface area contributed by atoms with Crippen LogP contribution in [-0.4, -0.2) is 27.7 Å². The van der Waals surface area contributed by atoms with E-state index in [1.54, 1.807) is 44.6 Å². The monoisotopic (exact) mass is 307 g/mol. The van der Waals surface area contributed by atoms with Gasteiger partial charge in [-0.05, 0) is 37.6 Å². The van der Waals surface area contributed by atoms with Crippen molar-refractivity contribution in [2.24, 2.45) is 0 Å². The molecule has 0 amide bonds. The number of carbonyl (C=O) groups excluding carboxylic acids is 1. The lowest BCUT2D eigenvalue weighted by atomic mass is 10.1. The number of methoxy groups -OCH3 is 1. The van der Waals surface area contributed by atoms with Crippen LogP contribution in [0.3, 0.4) is 0 Å². The van der Waals surface area contributed by atoms with Gasteiger partial charge in [-0.3, -0.25) is 4.79 Å². The largest absolute Gasteiger partial charge is 0.497 e. The highest BCUT2D eigenvalue weighted by molar-refractivity contribution is 7.80. The summed E-state index contributed by atoms with van der Waals surface area (Å²) in [5.74, 6) is 0.850. The van der Waals surface area contributed by atoms with Crippen molar-refractivity contribution in [2.45, 2.75) is 38.4 Å². The average Bonchev–Trinajstić information content (AvgIpc) is 2.91. The molecule has 21 heavy (non-hydrogen) atoms. The molecule has 0 spiro atoms. The molecule has 0 saturated heterocycles. The van der Waals surface area contributed by atoms with Crippen LogP contribution in [0.4, 0.5) is 0 Å². The Morgan fingerprint density at radius 1 is 1.33 bits per heavy atom. The van der Waals surface area contributed by atoms with Crippen LogP contribution >= 0.6 is 12.6 Å². The van der Waals surface area contributed by atoms with Gasteiger partial charge in [-0.25, -0.2) is 0 Å². The Bertz CT molecular complexity index is 552. The van der Waals surface area contributed by atoms with E-state index in [2.05, 4.69) is 29.7 Å². The molecule has 6 heteroatoms. The van der Waals surface area contributed by atoms with Crippen molar-refractivity contribution >= 4 is 18.4 Å². The van der Waals surface area contributed by atoms with Gasteiger partial charge < -0.3 is 9.30 Å². The minimum absolute atomic E-state index is 0.0765. The van der Waals surface area contributed by atoms with E-state index in [0.29, 0.717) is 10.7 Å². The molecule has 1 heterocycles. The molecule has 0 bridgehead atoms. The van der Waals surface area contributed by atoms with E-state index in [9.17, 15) is 4.79 Å². The minimum atomic E-state index is 0.0765. The summed E-state index contributed by atoms with van der Waals surface area (Å²) >= 11 is 4.11. The minimum Gasteiger partial charge on any atom is -0.497 e. The Morgan fingerprint density at radius 3 is 2.43 bits per heavy atom. The highest BCUT2D eigenvalue weighted by Gasteiger charge is 1.97. The van der Waals surface area contributed by atoms with Gasteiger partial charge in [0.1, 0.15) is 12.1 Å².